The van der Waals surface area contributed by atoms with Gasteiger partial charge in [-0.05, 0) is 70.8 Å². The van der Waals surface area contributed by atoms with Gasteiger partial charge < -0.3 is 18.6 Å². The van der Waals surface area contributed by atoms with Crippen molar-refractivity contribution in [2.24, 2.45) is 0 Å². The third kappa shape index (κ3) is 3.30. The van der Waals surface area contributed by atoms with Crippen molar-refractivity contribution in [3.63, 3.8) is 0 Å². The predicted octanol–water partition coefficient (Wildman–Crippen LogP) is 10.3. The molecule has 2 aromatic heterocycles. The summed E-state index contributed by atoms with van der Waals surface area (Å²) in [6, 6.07) is 45.7. The summed E-state index contributed by atoms with van der Waals surface area (Å²) in [4.78, 5) is 5.00. The van der Waals surface area contributed by atoms with Gasteiger partial charge in [0.15, 0.2) is 5.58 Å². The highest BCUT2D eigenvalue weighted by Gasteiger charge is 2.55. The number of para-hydroxylation sites is 4. The lowest BCUT2D eigenvalue weighted by Crippen LogP contribution is -2.65. The molecule has 1 aliphatic carbocycles. The van der Waals surface area contributed by atoms with Crippen molar-refractivity contribution in [3.8, 4) is 0 Å². The highest BCUT2D eigenvalue weighted by Crippen LogP contribution is 2.54. The van der Waals surface area contributed by atoms with E-state index in [9.17, 15) is 0 Å². The Morgan fingerprint density at radius 2 is 1.25 bits per heavy atom. The summed E-state index contributed by atoms with van der Waals surface area (Å²) in [5, 5.41) is 4.30. The smallest absolute Gasteiger partial charge is 0.229 e. The van der Waals surface area contributed by atoms with Crippen LogP contribution in [0.2, 0.25) is 5.31 Å². The molecule has 0 fully saturated rings. The Kier molecular flexibility index (Phi) is 5.09. The summed E-state index contributed by atoms with van der Waals surface area (Å²) in [6.45, 7) is 2.58. The topological polar surface area (TPSA) is 32.8 Å². The van der Waals surface area contributed by atoms with E-state index in [4.69, 9.17) is 8.83 Å². The molecular weight excluding hydrogens is 587 g/mol. The summed E-state index contributed by atoms with van der Waals surface area (Å²) in [5.74, 6) is 0. The molecule has 8 aromatic rings. The van der Waals surface area contributed by atoms with Gasteiger partial charge in [-0.3, -0.25) is 0 Å². The van der Waals surface area contributed by atoms with Gasteiger partial charge >= 0.3 is 0 Å². The number of benzene rings is 6. The van der Waals surface area contributed by atoms with Crippen molar-refractivity contribution in [2.75, 3.05) is 9.80 Å². The first-order valence-electron chi connectivity index (χ1n) is 16.7. The van der Waals surface area contributed by atoms with Crippen LogP contribution >= 0.6 is 0 Å². The Morgan fingerprint density at radius 1 is 0.583 bits per heavy atom. The zero-order valence-electron chi connectivity index (χ0n) is 26.3. The minimum absolute atomic E-state index is 0.0716. The third-order valence-electron chi connectivity index (χ3n) is 11.0. The van der Waals surface area contributed by atoms with Gasteiger partial charge in [-0.2, -0.15) is 0 Å². The minimum Gasteiger partial charge on any atom is -0.456 e. The molecule has 6 aromatic carbocycles. The average molecular weight is 617 g/mol. The van der Waals surface area contributed by atoms with Crippen LogP contribution in [0.1, 0.15) is 6.92 Å². The van der Waals surface area contributed by atoms with E-state index in [1.165, 1.54) is 28.0 Å². The number of furan rings is 2. The summed E-state index contributed by atoms with van der Waals surface area (Å²) in [5.41, 5.74) is 12.1. The van der Waals surface area contributed by atoms with E-state index in [2.05, 4.69) is 150 Å². The van der Waals surface area contributed by atoms with Crippen LogP contribution in [0.25, 0.3) is 43.9 Å². The Hall–Kier alpha value is -5.94. The van der Waals surface area contributed by atoms with E-state index in [1.54, 1.807) is 0 Å². The molecule has 0 saturated heterocycles. The predicted molar refractivity (Wildman–Crippen MR) is 200 cm³/mol. The number of anilines is 5. The second-order valence-electron chi connectivity index (χ2n) is 13.5. The Balaban J connectivity index is 1.21. The molecule has 0 amide bonds. The Labute approximate surface area is 277 Å². The summed E-state index contributed by atoms with van der Waals surface area (Å²) in [6.07, 6.45) is 9.25. The van der Waals surface area contributed by atoms with Crippen LogP contribution in [0.15, 0.2) is 161 Å². The van der Waals surface area contributed by atoms with Crippen molar-refractivity contribution < 1.29 is 8.83 Å². The van der Waals surface area contributed by atoms with Crippen LogP contribution in [-0.4, -0.2) is 12.8 Å². The molecule has 2 unspecified atom stereocenters. The van der Waals surface area contributed by atoms with Gasteiger partial charge in [-0.1, -0.05) is 104 Å². The van der Waals surface area contributed by atoms with Gasteiger partial charge in [-0.25, -0.2) is 0 Å². The molecule has 0 spiro atoms. The summed E-state index contributed by atoms with van der Waals surface area (Å²) in [7, 11) is 0. The Bertz CT molecular complexity index is 2700. The number of nitrogens with zero attached hydrogens (tertiary/aromatic N) is 2. The standard InChI is InChI=1S/C43H29BN2O2/c1-43-25-9-8-22-40(43)46(36-19-10-14-30-28-12-2-7-21-38(28)48-42(30)36)35-18-11-17-34-41(35)44(43)32-15-4-5-16-33(32)45(34)27-23-24-39-31(26-27)29-13-3-6-20-37(29)47-39/h2-26,40H,1H3. The largest absolute Gasteiger partial charge is 0.456 e. The second kappa shape index (κ2) is 9.33. The number of rotatable bonds is 2. The van der Waals surface area contributed by atoms with Gasteiger partial charge in [0.25, 0.3) is 0 Å². The average Bonchev–Trinajstić information content (AvgIpc) is 3.70. The van der Waals surface area contributed by atoms with Crippen LogP contribution in [-0.2, 0) is 0 Å². The molecule has 48 heavy (non-hydrogen) atoms. The fourth-order valence-corrected chi connectivity index (χ4v) is 8.96. The minimum atomic E-state index is -0.237. The molecule has 4 nitrogen and oxygen atoms in total. The van der Waals surface area contributed by atoms with E-state index in [0.717, 1.165) is 55.3 Å². The van der Waals surface area contributed by atoms with E-state index in [0.29, 0.717) is 0 Å². The van der Waals surface area contributed by atoms with Crippen LogP contribution in [0.3, 0.4) is 0 Å². The molecule has 4 heterocycles. The number of allylic oxidation sites excluding steroid dienone is 2. The lowest BCUT2D eigenvalue weighted by molar-refractivity contribution is 0.608. The summed E-state index contributed by atoms with van der Waals surface area (Å²) < 4.78 is 12.9. The first kappa shape index (κ1) is 26.2. The van der Waals surface area contributed by atoms with Crippen molar-refractivity contribution in [1.82, 2.24) is 0 Å². The molecule has 3 aliphatic rings. The van der Waals surface area contributed by atoms with Crippen LogP contribution in [0.4, 0.5) is 28.4 Å². The number of hydrogen-bond acceptors (Lipinski definition) is 4. The number of fused-ring (bicyclic) bond motifs is 10. The molecule has 2 aliphatic heterocycles. The highest BCUT2D eigenvalue weighted by atomic mass is 16.3. The first-order valence-corrected chi connectivity index (χ1v) is 16.7. The highest BCUT2D eigenvalue weighted by molar-refractivity contribution is 6.92. The third-order valence-corrected chi connectivity index (χ3v) is 11.0. The fraction of sp³-hybridized carbons (Fsp3) is 0.0698. The van der Waals surface area contributed by atoms with Crippen molar-refractivity contribution >= 4 is 90.0 Å². The van der Waals surface area contributed by atoms with Gasteiger partial charge in [-0.15, -0.1) is 0 Å². The quantitative estimate of drug-likeness (QED) is 0.181. The molecule has 0 N–H and O–H groups in total. The van der Waals surface area contributed by atoms with E-state index >= 15 is 0 Å². The first-order chi connectivity index (χ1) is 23.7. The lowest BCUT2D eigenvalue weighted by Gasteiger charge is -2.54. The zero-order chi connectivity index (χ0) is 31.6. The Morgan fingerprint density at radius 3 is 2.15 bits per heavy atom. The second-order valence-corrected chi connectivity index (χ2v) is 13.5. The molecule has 226 valence electrons. The summed E-state index contributed by atoms with van der Waals surface area (Å²) >= 11 is 0. The zero-order valence-corrected chi connectivity index (χ0v) is 26.3. The van der Waals surface area contributed by atoms with E-state index in [-0.39, 0.29) is 18.1 Å². The van der Waals surface area contributed by atoms with Crippen LogP contribution < -0.4 is 20.7 Å². The van der Waals surface area contributed by atoms with Gasteiger partial charge in [0.2, 0.25) is 6.71 Å². The lowest BCUT2D eigenvalue weighted by atomic mass is 9.23. The van der Waals surface area contributed by atoms with E-state index < -0.39 is 0 Å². The van der Waals surface area contributed by atoms with Crippen molar-refractivity contribution in [3.05, 3.63) is 152 Å². The molecule has 0 saturated carbocycles. The van der Waals surface area contributed by atoms with Crippen molar-refractivity contribution in [2.45, 2.75) is 18.3 Å². The maximum atomic E-state index is 6.67. The molecule has 0 bridgehead atoms. The normalized spacial score (nSPS) is 19.4. The molecule has 0 radical (unpaired) electrons. The fourth-order valence-electron chi connectivity index (χ4n) is 8.96. The molecule has 5 heteroatoms. The van der Waals surface area contributed by atoms with Crippen LogP contribution in [0.5, 0.6) is 0 Å². The molecule has 11 rings (SSSR count). The van der Waals surface area contributed by atoms with Gasteiger partial charge in [0.05, 0.1) is 11.7 Å². The van der Waals surface area contributed by atoms with Crippen molar-refractivity contribution in [1.29, 1.82) is 0 Å². The van der Waals surface area contributed by atoms with Crippen LogP contribution in [0, 0.1) is 0 Å². The maximum Gasteiger partial charge on any atom is 0.229 e. The van der Waals surface area contributed by atoms with Gasteiger partial charge in [0.1, 0.15) is 16.7 Å². The van der Waals surface area contributed by atoms with Gasteiger partial charge in [0, 0.05) is 44.3 Å². The van der Waals surface area contributed by atoms with E-state index in [1.807, 2.05) is 18.2 Å². The molecule has 2 atom stereocenters. The number of hydrogen-bond donors (Lipinski definition) is 0. The molecular formula is C43H29BN2O2. The SMILES string of the molecule is CC12C=CC=CC1N(c1cccc3c1oc1ccccc13)c1cccc3c1B2c1ccccc1N3c1ccc2oc3ccccc3c2c1. The monoisotopic (exact) mass is 616 g/mol. The maximum absolute atomic E-state index is 6.67.